The van der Waals surface area contributed by atoms with Gasteiger partial charge in [-0.25, -0.2) is 0 Å². The molecule has 6 atom stereocenters. The molecule has 1 unspecified atom stereocenters. The van der Waals surface area contributed by atoms with Gasteiger partial charge in [-0.3, -0.25) is 0 Å². The minimum absolute atomic E-state index is 0.106. The fourth-order valence-electron chi connectivity index (χ4n) is 4.13. The van der Waals surface area contributed by atoms with E-state index in [1.807, 2.05) is 30.3 Å². The van der Waals surface area contributed by atoms with Gasteiger partial charge in [-0.05, 0) is 18.1 Å². The molecule has 162 valence electrons. The Labute approximate surface area is 174 Å². The third-order valence-electron chi connectivity index (χ3n) is 6.95. The van der Waals surface area contributed by atoms with Gasteiger partial charge in [0, 0.05) is 31.4 Å². The lowest BCUT2D eigenvalue weighted by molar-refractivity contribution is -0.380. The Hall–Kier alpha value is -0.803. The standard InChI is InChI=1S/C22H34O6Si/c1-21(2,3)29(5,6)28-17-12-16-14-24-19(15-10-8-7-9-11-15)27-22(16)13-18(23-4)26-20(22)25-17/h7-11,16-20H,12-14H2,1-6H3/t16-,17+,18?,19-,20+,22+/m1/s1. The Bertz CT molecular complexity index is 705. The first kappa shape index (κ1) is 21.4. The second kappa shape index (κ2) is 7.71. The zero-order chi connectivity index (χ0) is 20.9. The van der Waals surface area contributed by atoms with Gasteiger partial charge >= 0.3 is 0 Å². The molecule has 0 bridgehead atoms. The predicted octanol–water partition coefficient (Wildman–Crippen LogP) is 4.57. The van der Waals surface area contributed by atoms with Crippen molar-refractivity contribution in [3.63, 3.8) is 0 Å². The van der Waals surface area contributed by atoms with Crippen molar-refractivity contribution in [1.82, 2.24) is 0 Å². The smallest absolute Gasteiger partial charge is 0.195 e. The van der Waals surface area contributed by atoms with Crippen LogP contribution in [0.25, 0.3) is 0 Å². The van der Waals surface area contributed by atoms with Gasteiger partial charge < -0.3 is 28.1 Å². The van der Waals surface area contributed by atoms with E-state index in [9.17, 15) is 0 Å². The summed E-state index contributed by atoms with van der Waals surface area (Å²) in [7, 11) is -0.322. The SMILES string of the molecule is COC1C[C@]23O[C@H](c4ccccc4)OC[C@H]2C[C@H](O[Si](C)(C)C(C)(C)C)O[C@H]3O1. The van der Waals surface area contributed by atoms with Gasteiger partial charge in [-0.15, -0.1) is 0 Å². The summed E-state index contributed by atoms with van der Waals surface area (Å²) in [6.07, 6.45) is -0.298. The number of benzene rings is 1. The van der Waals surface area contributed by atoms with Crippen molar-refractivity contribution in [3.8, 4) is 0 Å². The van der Waals surface area contributed by atoms with E-state index in [-0.39, 0.29) is 23.5 Å². The zero-order valence-electron chi connectivity index (χ0n) is 18.3. The molecule has 29 heavy (non-hydrogen) atoms. The number of hydrogen-bond acceptors (Lipinski definition) is 6. The van der Waals surface area contributed by atoms with Crippen molar-refractivity contribution in [2.45, 2.75) is 82.5 Å². The van der Waals surface area contributed by atoms with E-state index in [2.05, 4.69) is 33.9 Å². The van der Waals surface area contributed by atoms with Crippen LogP contribution in [0.5, 0.6) is 0 Å². The molecule has 3 aliphatic rings. The molecule has 1 aromatic rings. The zero-order valence-corrected chi connectivity index (χ0v) is 19.3. The lowest BCUT2D eigenvalue weighted by Crippen LogP contribution is -2.61. The Morgan fingerprint density at radius 1 is 1.07 bits per heavy atom. The van der Waals surface area contributed by atoms with Crippen molar-refractivity contribution in [2.75, 3.05) is 13.7 Å². The topological polar surface area (TPSA) is 55.4 Å². The molecule has 0 radical (unpaired) electrons. The maximum Gasteiger partial charge on any atom is 0.195 e. The van der Waals surface area contributed by atoms with E-state index in [4.69, 9.17) is 28.1 Å². The van der Waals surface area contributed by atoms with Gasteiger partial charge in [0.1, 0.15) is 5.60 Å². The first-order chi connectivity index (χ1) is 13.6. The Morgan fingerprint density at radius 2 is 1.76 bits per heavy atom. The molecule has 0 N–H and O–H groups in total. The normalized spacial score (nSPS) is 37.8. The average molecular weight is 423 g/mol. The monoisotopic (exact) mass is 422 g/mol. The van der Waals surface area contributed by atoms with E-state index in [1.54, 1.807) is 7.11 Å². The maximum atomic E-state index is 6.57. The maximum absolute atomic E-state index is 6.57. The summed E-state index contributed by atoms with van der Waals surface area (Å²) in [5.41, 5.74) is 0.409. The summed E-state index contributed by atoms with van der Waals surface area (Å²) in [4.78, 5) is 0. The molecule has 4 rings (SSSR count). The molecule has 6 nitrogen and oxygen atoms in total. The highest BCUT2D eigenvalue weighted by molar-refractivity contribution is 6.74. The highest BCUT2D eigenvalue weighted by Gasteiger charge is 2.63. The Kier molecular flexibility index (Phi) is 5.70. The van der Waals surface area contributed by atoms with Crippen molar-refractivity contribution in [3.05, 3.63) is 35.9 Å². The van der Waals surface area contributed by atoms with Gasteiger partial charge in [-0.2, -0.15) is 0 Å². The average Bonchev–Trinajstić information content (AvgIpc) is 3.03. The first-order valence-corrected chi connectivity index (χ1v) is 13.4. The predicted molar refractivity (Wildman–Crippen MR) is 111 cm³/mol. The third kappa shape index (κ3) is 3.94. The van der Waals surface area contributed by atoms with Gasteiger partial charge in [0.05, 0.1) is 6.61 Å². The molecule has 3 heterocycles. The van der Waals surface area contributed by atoms with E-state index in [1.165, 1.54) is 0 Å². The van der Waals surface area contributed by atoms with E-state index in [0.29, 0.717) is 13.0 Å². The Balaban J connectivity index is 1.56. The van der Waals surface area contributed by atoms with Crippen molar-refractivity contribution >= 4 is 8.32 Å². The summed E-state index contributed by atoms with van der Waals surface area (Å²) in [5, 5.41) is 0.106. The highest BCUT2D eigenvalue weighted by atomic mass is 28.4. The van der Waals surface area contributed by atoms with Crippen LogP contribution >= 0.6 is 0 Å². The van der Waals surface area contributed by atoms with Gasteiger partial charge in [-0.1, -0.05) is 51.1 Å². The highest BCUT2D eigenvalue weighted by Crippen LogP contribution is 2.52. The summed E-state index contributed by atoms with van der Waals surface area (Å²) in [6, 6.07) is 10.0. The molecular weight excluding hydrogens is 388 g/mol. The molecule has 1 spiro atoms. The van der Waals surface area contributed by atoms with Crippen LogP contribution in [0.1, 0.15) is 45.5 Å². The molecule has 0 saturated carbocycles. The summed E-state index contributed by atoms with van der Waals surface area (Å²) in [6.45, 7) is 11.8. The lowest BCUT2D eigenvalue weighted by Gasteiger charge is -2.52. The summed E-state index contributed by atoms with van der Waals surface area (Å²) in [5.74, 6) is 0.121. The van der Waals surface area contributed by atoms with Crippen molar-refractivity contribution in [2.24, 2.45) is 5.92 Å². The van der Waals surface area contributed by atoms with Crippen LogP contribution in [0.4, 0.5) is 0 Å². The molecule has 3 aliphatic heterocycles. The van der Waals surface area contributed by atoms with E-state index < -0.39 is 26.5 Å². The number of ether oxygens (including phenoxy) is 5. The fourth-order valence-corrected chi connectivity index (χ4v) is 5.29. The molecular formula is C22H34O6Si. The van der Waals surface area contributed by atoms with Gasteiger partial charge in [0.25, 0.3) is 0 Å². The van der Waals surface area contributed by atoms with E-state index >= 15 is 0 Å². The summed E-state index contributed by atoms with van der Waals surface area (Å²) >= 11 is 0. The fraction of sp³-hybridized carbons (Fsp3) is 0.727. The minimum atomic E-state index is -1.98. The van der Waals surface area contributed by atoms with Crippen LogP contribution in [0.2, 0.25) is 18.1 Å². The van der Waals surface area contributed by atoms with Crippen LogP contribution in [0, 0.1) is 5.92 Å². The molecule has 0 amide bonds. The summed E-state index contributed by atoms with van der Waals surface area (Å²) < 4.78 is 37.2. The largest absolute Gasteiger partial charge is 0.392 e. The quantitative estimate of drug-likeness (QED) is 0.663. The second-order valence-corrected chi connectivity index (χ2v) is 14.6. The van der Waals surface area contributed by atoms with Gasteiger partial charge in [0.2, 0.25) is 0 Å². The van der Waals surface area contributed by atoms with Crippen LogP contribution in [-0.4, -0.2) is 46.5 Å². The van der Waals surface area contributed by atoms with Crippen LogP contribution in [0.3, 0.4) is 0 Å². The van der Waals surface area contributed by atoms with Gasteiger partial charge in [0.15, 0.2) is 33.5 Å². The number of rotatable bonds is 4. The lowest BCUT2D eigenvalue weighted by atomic mass is 9.80. The Morgan fingerprint density at radius 3 is 2.41 bits per heavy atom. The molecule has 7 heteroatoms. The molecule has 1 aromatic carbocycles. The minimum Gasteiger partial charge on any atom is -0.392 e. The van der Waals surface area contributed by atoms with Crippen molar-refractivity contribution in [1.29, 1.82) is 0 Å². The molecule has 3 fully saturated rings. The number of methoxy groups -OCH3 is 1. The second-order valence-electron chi connectivity index (χ2n) is 9.86. The van der Waals surface area contributed by atoms with Crippen LogP contribution in [0.15, 0.2) is 30.3 Å². The molecule has 0 aliphatic carbocycles. The third-order valence-corrected chi connectivity index (χ3v) is 11.4. The van der Waals surface area contributed by atoms with E-state index in [0.717, 1.165) is 12.0 Å². The van der Waals surface area contributed by atoms with Crippen LogP contribution in [-0.2, 0) is 28.1 Å². The molecule has 0 aromatic heterocycles. The van der Waals surface area contributed by atoms with Crippen molar-refractivity contribution < 1.29 is 28.1 Å². The molecule has 3 saturated heterocycles. The first-order valence-electron chi connectivity index (χ1n) is 10.5. The van der Waals surface area contributed by atoms with Crippen LogP contribution < -0.4 is 0 Å². The number of hydrogen-bond donors (Lipinski definition) is 0.